The molecule has 0 aromatic heterocycles. The lowest BCUT2D eigenvalue weighted by molar-refractivity contribution is -0.709. The highest BCUT2D eigenvalue weighted by Crippen LogP contribution is 2.16. The summed E-state index contributed by atoms with van der Waals surface area (Å²) >= 11 is 0. The van der Waals surface area contributed by atoms with Gasteiger partial charge in [0.1, 0.15) is 0 Å². The van der Waals surface area contributed by atoms with E-state index in [-0.39, 0.29) is 24.5 Å². The van der Waals surface area contributed by atoms with Gasteiger partial charge in [0.2, 0.25) is 5.28 Å². The second kappa shape index (κ2) is 6.76. The molecule has 0 bridgehead atoms. The quantitative estimate of drug-likeness (QED) is 0.247. The highest BCUT2D eigenvalue weighted by atomic mass is 16.8. The van der Waals surface area contributed by atoms with Crippen LogP contribution in [0.2, 0.25) is 0 Å². The van der Waals surface area contributed by atoms with E-state index in [2.05, 4.69) is 5.28 Å². The molecule has 2 atom stereocenters. The first kappa shape index (κ1) is 15.0. The number of esters is 1. The molecule has 1 heterocycles. The van der Waals surface area contributed by atoms with Gasteiger partial charge in [0.25, 0.3) is 6.29 Å². The molecule has 0 aromatic rings. The van der Waals surface area contributed by atoms with Gasteiger partial charge in [0.05, 0.1) is 24.0 Å². The predicted octanol–water partition coefficient (Wildman–Crippen LogP) is 0.501. The van der Waals surface area contributed by atoms with Gasteiger partial charge in [-0.2, -0.15) is 0 Å². The fourth-order valence-electron chi connectivity index (χ4n) is 1.55. The molecule has 1 N–H and O–H groups in total. The fraction of sp³-hybridized carbons (Fsp3) is 0.800. The van der Waals surface area contributed by atoms with Crippen molar-refractivity contribution < 1.29 is 29.2 Å². The minimum atomic E-state index is -0.971. The Labute approximate surface area is 109 Å². The van der Waals surface area contributed by atoms with Gasteiger partial charge in [-0.3, -0.25) is 14.4 Å². The van der Waals surface area contributed by atoms with Crippen LogP contribution < -0.4 is 0 Å². The lowest BCUT2D eigenvalue weighted by Crippen LogP contribution is -2.30. The average molecular weight is 275 g/mol. The van der Waals surface area contributed by atoms with Crippen molar-refractivity contribution in [2.75, 3.05) is 13.1 Å². The molecule has 1 aliphatic heterocycles. The van der Waals surface area contributed by atoms with Crippen LogP contribution in [-0.4, -0.2) is 46.4 Å². The smallest absolute Gasteiger partial charge is 0.308 e. The van der Waals surface area contributed by atoms with E-state index in [0.717, 1.165) is 0 Å². The molecule has 0 aromatic carbocycles. The van der Waals surface area contributed by atoms with E-state index >= 15 is 0 Å². The Morgan fingerprint density at radius 1 is 1.63 bits per heavy atom. The third-order valence-corrected chi connectivity index (χ3v) is 2.61. The maximum atomic E-state index is 11.5. The summed E-state index contributed by atoms with van der Waals surface area (Å²) in [6.07, 6.45) is -0.396. The third kappa shape index (κ3) is 4.60. The standard InChI is InChI=1S/C10H17N3O6/c1-3-9(14)18-7(2)19-11-13(17)12-5-4-8(6-12)10(15)16/h7-8H,3-6H2,1-2H3,(H,15,16)/b13-11-. The molecule has 1 fully saturated rings. The zero-order valence-electron chi connectivity index (χ0n) is 10.8. The highest BCUT2D eigenvalue weighted by Gasteiger charge is 2.33. The van der Waals surface area contributed by atoms with Crippen molar-refractivity contribution in [1.29, 1.82) is 0 Å². The summed E-state index contributed by atoms with van der Waals surface area (Å²) in [6.45, 7) is 3.42. The highest BCUT2D eigenvalue weighted by molar-refractivity contribution is 5.70. The maximum absolute atomic E-state index is 11.5. The summed E-state index contributed by atoms with van der Waals surface area (Å²) in [7, 11) is 0. The third-order valence-electron chi connectivity index (χ3n) is 2.61. The molecule has 1 rings (SSSR count). The van der Waals surface area contributed by atoms with Gasteiger partial charge in [0.15, 0.2) is 0 Å². The van der Waals surface area contributed by atoms with Gasteiger partial charge in [-0.1, -0.05) is 6.92 Å². The molecular weight excluding hydrogens is 258 g/mol. The van der Waals surface area contributed by atoms with E-state index in [9.17, 15) is 14.8 Å². The van der Waals surface area contributed by atoms with Crippen LogP contribution in [0.15, 0.2) is 5.28 Å². The number of aliphatic carboxylic acids is 1. The van der Waals surface area contributed by atoms with Crippen LogP contribution in [0.3, 0.4) is 0 Å². The Morgan fingerprint density at radius 2 is 2.32 bits per heavy atom. The first-order valence-corrected chi connectivity index (χ1v) is 5.95. The topological polar surface area (TPSA) is 114 Å². The molecule has 1 aliphatic rings. The minimum absolute atomic E-state index is 0.0782. The molecule has 9 nitrogen and oxygen atoms in total. The van der Waals surface area contributed by atoms with Crippen molar-refractivity contribution >= 4 is 11.9 Å². The Balaban J connectivity index is 2.41. The van der Waals surface area contributed by atoms with Gasteiger partial charge in [-0.05, 0) is 6.42 Å². The summed E-state index contributed by atoms with van der Waals surface area (Å²) in [5.74, 6) is -1.99. The van der Waals surface area contributed by atoms with Gasteiger partial charge in [-0.25, -0.2) is 0 Å². The number of hydrogen-bond donors (Lipinski definition) is 1. The van der Waals surface area contributed by atoms with E-state index in [1.807, 2.05) is 0 Å². The molecule has 0 saturated carbocycles. The number of nitrogens with zero attached hydrogens (tertiary/aromatic N) is 3. The molecule has 19 heavy (non-hydrogen) atoms. The Kier molecular flexibility index (Phi) is 5.34. The van der Waals surface area contributed by atoms with Crippen LogP contribution in [0.25, 0.3) is 0 Å². The molecule has 108 valence electrons. The van der Waals surface area contributed by atoms with Crippen LogP contribution in [0.5, 0.6) is 0 Å². The van der Waals surface area contributed by atoms with Crippen molar-refractivity contribution in [3.8, 4) is 0 Å². The predicted molar refractivity (Wildman–Crippen MR) is 60.3 cm³/mol. The van der Waals surface area contributed by atoms with Crippen molar-refractivity contribution in [2.45, 2.75) is 33.0 Å². The van der Waals surface area contributed by atoms with Crippen LogP contribution in [0.1, 0.15) is 26.7 Å². The molecule has 0 amide bonds. The van der Waals surface area contributed by atoms with Crippen molar-refractivity contribution in [2.24, 2.45) is 11.2 Å². The van der Waals surface area contributed by atoms with E-state index < -0.39 is 24.1 Å². The van der Waals surface area contributed by atoms with Crippen molar-refractivity contribution in [3.05, 3.63) is 5.21 Å². The first-order valence-electron chi connectivity index (χ1n) is 5.95. The van der Waals surface area contributed by atoms with E-state index in [1.54, 1.807) is 6.92 Å². The van der Waals surface area contributed by atoms with Gasteiger partial charge in [0, 0.05) is 13.3 Å². The van der Waals surface area contributed by atoms with Gasteiger partial charge < -0.3 is 15.1 Å². The summed E-state index contributed by atoms with van der Waals surface area (Å²) in [4.78, 5) is 26.5. The fourth-order valence-corrected chi connectivity index (χ4v) is 1.55. The minimum Gasteiger partial charge on any atom is -0.569 e. The molecule has 9 heteroatoms. The number of hydrogen-bond acceptors (Lipinski definition) is 6. The monoisotopic (exact) mass is 275 g/mol. The number of carbonyl (C=O) groups is 2. The van der Waals surface area contributed by atoms with Crippen LogP contribution in [0.4, 0.5) is 0 Å². The normalized spacial score (nSPS) is 21.1. The number of carbonyl (C=O) groups excluding carboxylic acids is 1. The summed E-state index contributed by atoms with van der Waals surface area (Å²) in [6, 6.07) is 0. The van der Waals surface area contributed by atoms with Gasteiger partial charge in [-0.15, -0.1) is 5.01 Å². The second-order valence-electron chi connectivity index (χ2n) is 4.09. The van der Waals surface area contributed by atoms with E-state index in [0.29, 0.717) is 6.42 Å². The first-order chi connectivity index (χ1) is 8.93. The molecule has 1 saturated heterocycles. The summed E-state index contributed by atoms with van der Waals surface area (Å²) < 4.78 is 4.74. The maximum Gasteiger partial charge on any atom is 0.308 e. The molecular formula is C10H17N3O6. The zero-order chi connectivity index (χ0) is 14.4. The SMILES string of the molecule is CCC(=O)OC(C)O/N=[N+](\[O-])N1CCC(C(=O)O)C1. The lowest BCUT2D eigenvalue weighted by Gasteiger charge is -2.13. The van der Waals surface area contributed by atoms with Crippen LogP contribution in [0, 0.1) is 11.1 Å². The number of hydrazine groups is 1. The van der Waals surface area contributed by atoms with Gasteiger partial charge >= 0.3 is 11.9 Å². The second-order valence-corrected chi connectivity index (χ2v) is 4.09. The number of ether oxygens (including phenoxy) is 1. The molecule has 2 unspecified atom stereocenters. The van der Waals surface area contributed by atoms with Crippen LogP contribution >= 0.6 is 0 Å². The van der Waals surface area contributed by atoms with Crippen molar-refractivity contribution in [3.63, 3.8) is 0 Å². The Hall–Kier alpha value is -2.06. The zero-order valence-corrected chi connectivity index (χ0v) is 10.8. The van der Waals surface area contributed by atoms with Crippen LogP contribution in [-0.2, 0) is 19.2 Å². The van der Waals surface area contributed by atoms with E-state index in [1.165, 1.54) is 11.9 Å². The average Bonchev–Trinajstić information content (AvgIpc) is 2.85. The number of carboxylic acid groups (broad SMARTS) is 1. The van der Waals surface area contributed by atoms with E-state index in [4.69, 9.17) is 14.7 Å². The summed E-state index contributed by atoms with van der Waals surface area (Å²) in [5, 5.41) is 24.7. The number of carboxylic acids is 1. The largest absolute Gasteiger partial charge is 0.569 e. The Bertz CT molecular complexity index is 372. The molecule has 0 radical (unpaired) electrons. The number of rotatable bonds is 6. The summed E-state index contributed by atoms with van der Waals surface area (Å²) in [5.41, 5.74) is 0. The lowest BCUT2D eigenvalue weighted by atomic mass is 10.1. The molecule has 0 spiro atoms. The Morgan fingerprint density at radius 3 is 2.84 bits per heavy atom. The molecule has 0 aliphatic carbocycles. The van der Waals surface area contributed by atoms with Crippen molar-refractivity contribution in [1.82, 2.24) is 5.01 Å².